The van der Waals surface area contributed by atoms with E-state index in [4.69, 9.17) is 5.73 Å². The Hall–Kier alpha value is -1.02. The molecule has 0 aliphatic rings. The quantitative estimate of drug-likeness (QED) is 0.555. The summed E-state index contributed by atoms with van der Waals surface area (Å²) < 4.78 is 0. The molecular weight excluding hydrogens is 172 g/mol. The maximum Gasteiger partial charge on any atom is 0.0359 e. The molecule has 0 aromatic heterocycles. The second-order valence-corrected chi connectivity index (χ2v) is 3.73. The Bertz CT molecular complexity index is 282. The normalized spacial score (nSPS) is 10.4. The minimum absolute atomic E-state index is 0.882. The predicted molar refractivity (Wildman–Crippen MR) is 62.2 cm³/mol. The SMILES string of the molecule is CCCCNCc1cc(C)ccc1N. The third-order valence-electron chi connectivity index (χ3n) is 2.32. The summed E-state index contributed by atoms with van der Waals surface area (Å²) in [5, 5.41) is 3.39. The van der Waals surface area contributed by atoms with Crippen LogP contribution in [0.5, 0.6) is 0 Å². The van der Waals surface area contributed by atoms with Crippen LogP contribution in [0, 0.1) is 6.92 Å². The fourth-order valence-corrected chi connectivity index (χ4v) is 1.41. The molecule has 0 saturated heterocycles. The molecule has 0 saturated carbocycles. The second kappa shape index (κ2) is 5.66. The molecule has 3 N–H and O–H groups in total. The molecule has 0 fully saturated rings. The van der Waals surface area contributed by atoms with E-state index >= 15 is 0 Å². The third-order valence-corrected chi connectivity index (χ3v) is 2.32. The molecule has 2 heteroatoms. The van der Waals surface area contributed by atoms with Crippen molar-refractivity contribution in [1.82, 2.24) is 5.32 Å². The van der Waals surface area contributed by atoms with Crippen LogP contribution in [0.25, 0.3) is 0 Å². The highest BCUT2D eigenvalue weighted by Gasteiger charge is 1.98. The Labute approximate surface area is 86.5 Å². The fraction of sp³-hybridized carbons (Fsp3) is 0.500. The standard InChI is InChI=1S/C12H20N2/c1-3-4-7-14-9-11-8-10(2)5-6-12(11)13/h5-6,8,14H,3-4,7,9,13H2,1-2H3. The van der Waals surface area contributed by atoms with Crippen molar-refractivity contribution in [3.63, 3.8) is 0 Å². The van der Waals surface area contributed by atoms with Gasteiger partial charge in [0.1, 0.15) is 0 Å². The number of nitrogens with one attached hydrogen (secondary N) is 1. The first-order chi connectivity index (χ1) is 6.74. The number of aryl methyl sites for hydroxylation is 1. The first-order valence-electron chi connectivity index (χ1n) is 5.29. The number of anilines is 1. The Morgan fingerprint density at radius 1 is 1.36 bits per heavy atom. The number of rotatable bonds is 5. The molecule has 78 valence electrons. The molecule has 0 radical (unpaired) electrons. The van der Waals surface area contributed by atoms with Crippen LogP contribution >= 0.6 is 0 Å². The molecular formula is C12H20N2. The Kier molecular flexibility index (Phi) is 4.47. The van der Waals surface area contributed by atoms with Crippen molar-refractivity contribution >= 4 is 5.69 Å². The molecule has 0 aliphatic carbocycles. The van der Waals surface area contributed by atoms with Gasteiger partial charge in [-0.3, -0.25) is 0 Å². The number of hydrogen-bond acceptors (Lipinski definition) is 2. The Morgan fingerprint density at radius 3 is 2.86 bits per heavy atom. The zero-order chi connectivity index (χ0) is 10.4. The van der Waals surface area contributed by atoms with Gasteiger partial charge in [0.05, 0.1) is 0 Å². The molecule has 1 rings (SSSR count). The second-order valence-electron chi connectivity index (χ2n) is 3.73. The van der Waals surface area contributed by atoms with E-state index in [1.807, 2.05) is 12.1 Å². The number of unbranched alkanes of at least 4 members (excludes halogenated alkanes) is 1. The monoisotopic (exact) mass is 192 g/mol. The van der Waals surface area contributed by atoms with Crippen LogP contribution in [0.4, 0.5) is 5.69 Å². The molecule has 14 heavy (non-hydrogen) atoms. The maximum absolute atomic E-state index is 5.86. The molecule has 0 spiro atoms. The van der Waals surface area contributed by atoms with Crippen molar-refractivity contribution in [1.29, 1.82) is 0 Å². The summed E-state index contributed by atoms with van der Waals surface area (Å²) in [5.41, 5.74) is 9.23. The Balaban J connectivity index is 2.45. The lowest BCUT2D eigenvalue weighted by atomic mass is 10.1. The van der Waals surface area contributed by atoms with Gasteiger partial charge in [0.2, 0.25) is 0 Å². The van der Waals surface area contributed by atoms with Gasteiger partial charge in [0.15, 0.2) is 0 Å². The van der Waals surface area contributed by atoms with Gasteiger partial charge in [-0.05, 0) is 31.5 Å². The highest BCUT2D eigenvalue weighted by Crippen LogP contribution is 2.13. The van der Waals surface area contributed by atoms with Crippen LogP contribution in [0.2, 0.25) is 0 Å². The predicted octanol–water partition coefficient (Wildman–Crippen LogP) is 2.47. The summed E-state index contributed by atoms with van der Waals surface area (Å²) >= 11 is 0. The molecule has 0 unspecified atom stereocenters. The average Bonchev–Trinajstić information content (AvgIpc) is 2.18. The van der Waals surface area contributed by atoms with Crippen LogP contribution < -0.4 is 11.1 Å². The van der Waals surface area contributed by atoms with Gasteiger partial charge in [-0.2, -0.15) is 0 Å². The topological polar surface area (TPSA) is 38.0 Å². The highest BCUT2D eigenvalue weighted by atomic mass is 14.8. The van der Waals surface area contributed by atoms with Crippen LogP contribution in [0.15, 0.2) is 18.2 Å². The molecule has 1 aromatic rings. The molecule has 0 atom stereocenters. The summed E-state index contributed by atoms with van der Waals surface area (Å²) in [6.45, 7) is 6.25. The molecule has 1 aromatic carbocycles. The van der Waals surface area contributed by atoms with Gasteiger partial charge in [-0.1, -0.05) is 31.0 Å². The van der Waals surface area contributed by atoms with Crippen molar-refractivity contribution in [2.75, 3.05) is 12.3 Å². The van der Waals surface area contributed by atoms with Crippen LogP contribution in [-0.4, -0.2) is 6.54 Å². The smallest absolute Gasteiger partial charge is 0.0359 e. The zero-order valence-electron chi connectivity index (χ0n) is 9.14. The van der Waals surface area contributed by atoms with Crippen molar-refractivity contribution in [2.24, 2.45) is 0 Å². The van der Waals surface area contributed by atoms with E-state index in [0.717, 1.165) is 18.8 Å². The van der Waals surface area contributed by atoms with Gasteiger partial charge >= 0.3 is 0 Å². The molecule has 0 aliphatic heterocycles. The average molecular weight is 192 g/mol. The number of nitrogens with two attached hydrogens (primary N) is 1. The zero-order valence-corrected chi connectivity index (χ0v) is 9.14. The first-order valence-corrected chi connectivity index (χ1v) is 5.29. The fourth-order valence-electron chi connectivity index (χ4n) is 1.41. The largest absolute Gasteiger partial charge is 0.398 e. The molecule has 0 bridgehead atoms. The number of hydrogen-bond donors (Lipinski definition) is 2. The van der Waals surface area contributed by atoms with Crippen molar-refractivity contribution in [3.8, 4) is 0 Å². The van der Waals surface area contributed by atoms with E-state index in [9.17, 15) is 0 Å². The van der Waals surface area contributed by atoms with Crippen LogP contribution in [-0.2, 0) is 6.54 Å². The van der Waals surface area contributed by atoms with Crippen molar-refractivity contribution in [3.05, 3.63) is 29.3 Å². The lowest BCUT2D eigenvalue weighted by Crippen LogP contribution is -2.15. The summed E-state index contributed by atoms with van der Waals surface area (Å²) in [6, 6.07) is 6.17. The van der Waals surface area contributed by atoms with E-state index in [1.54, 1.807) is 0 Å². The van der Waals surface area contributed by atoms with E-state index in [1.165, 1.54) is 24.0 Å². The third kappa shape index (κ3) is 3.38. The van der Waals surface area contributed by atoms with Gasteiger partial charge in [-0.15, -0.1) is 0 Å². The summed E-state index contributed by atoms with van der Waals surface area (Å²) in [6.07, 6.45) is 2.46. The Morgan fingerprint density at radius 2 is 2.14 bits per heavy atom. The minimum Gasteiger partial charge on any atom is -0.398 e. The summed E-state index contributed by atoms with van der Waals surface area (Å²) in [4.78, 5) is 0. The highest BCUT2D eigenvalue weighted by molar-refractivity contribution is 5.48. The first kappa shape index (κ1) is 11.1. The van der Waals surface area contributed by atoms with E-state index in [-0.39, 0.29) is 0 Å². The van der Waals surface area contributed by atoms with Crippen molar-refractivity contribution in [2.45, 2.75) is 33.2 Å². The van der Waals surface area contributed by atoms with Gasteiger partial charge in [0, 0.05) is 12.2 Å². The molecule has 0 heterocycles. The van der Waals surface area contributed by atoms with E-state index < -0.39 is 0 Å². The molecule has 2 nitrogen and oxygen atoms in total. The van der Waals surface area contributed by atoms with E-state index in [0.29, 0.717) is 0 Å². The summed E-state index contributed by atoms with van der Waals surface area (Å²) in [7, 11) is 0. The molecule has 0 amide bonds. The lowest BCUT2D eigenvalue weighted by Gasteiger charge is -2.07. The summed E-state index contributed by atoms with van der Waals surface area (Å²) in [5.74, 6) is 0. The number of benzene rings is 1. The van der Waals surface area contributed by atoms with Gasteiger partial charge in [-0.25, -0.2) is 0 Å². The number of nitrogen functional groups attached to an aromatic ring is 1. The van der Waals surface area contributed by atoms with Crippen LogP contribution in [0.1, 0.15) is 30.9 Å². The maximum atomic E-state index is 5.86. The van der Waals surface area contributed by atoms with Gasteiger partial charge < -0.3 is 11.1 Å². The van der Waals surface area contributed by atoms with Crippen molar-refractivity contribution < 1.29 is 0 Å². The van der Waals surface area contributed by atoms with Gasteiger partial charge in [0.25, 0.3) is 0 Å². The minimum atomic E-state index is 0.882. The van der Waals surface area contributed by atoms with E-state index in [2.05, 4.69) is 25.2 Å². The van der Waals surface area contributed by atoms with Crippen LogP contribution in [0.3, 0.4) is 0 Å². The lowest BCUT2D eigenvalue weighted by molar-refractivity contribution is 0.642.